The lowest BCUT2D eigenvalue weighted by molar-refractivity contribution is 0.181. The van der Waals surface area contributed by atoms with Crippen LogP contribution in [0.15, 0.2) is 53.4 Å². The van der Waals surface area contributed by atoms with Crippen LogP contribution in [0, 0.1) is 0 Å². The van der Waals surface area contributed by atoms with Crippen molar-refractivity contribution >= 4 is 19.9 Å². The Morgan fingerprint density at radius 1 is 0.844 bits per heavy atom. The van der Waals surface area contributed by atoms with E-state index in [2.05, 4.69) is 4.90 Å². The molecule has 0 bridgehead atoms. The quantitative estimate of drug-likeness (QED) is 0.511. The van der Waals surface area contributed by atoms with Crippen molar-refractivity contribution in [3.63, 3.8) is 0 Å². The molecule has 0 saturated carbocycles. The molecule has 1 fully saturated rings. The van der Waals surface area contributed by atoms with E-state index in [0.29, 0.717) is 31.9 Å². The number of sulfonamides is 1. The van der Waals surface area contributed by atoms with Gasteiger partial charge in [0, 0.05) is 38.5 Å². The summed E-state index contributed by atoms with van der Waals surface area (Å²) in [4.78, 5) is 2.43. The number of sulfone groups is 1. The summed E-state index contributed by atoms with van der Waals surface area (Å²) in [5, 5.41) is 0. The zero-order chi connectivity index (χ0) is 23.2. The van der Waals surface area contributed by atoms with Gasteiger partial charge in [-0.05, 0) is 42.0 Å². The fraction of sp³-hybridized carbons (Fsp3) is 0.455. The van der Waals surface area contributed by atoms with Gasteiger partial charge in [0.2, 0.25) is 10.0 Å². The van der Waals surface area contributed by atoms with E-state index in [9.17, 15) is 16.8 Å². The third-order valence-corrected chi connectivity index (χ3v) is 9.04. The Bertz CT molecular complexity index is 1080. The first-order valence-electron chi connectivity index (χ1n) is 10.5. The third kappa shape index (κ3) is 6.44. The summed E-state index contributed by atoms with van der Waals surface area (Å²) in [6, 6.07) is 14.0. The first-order valence-corrected chi connectivity index (χ1v) is 13.8. The second-order valence-electron chi connectivity index (χ2n) is 7.58. The standard InChI is InChI=1S/C22H30N2O6S2/c1-3-31(25,26)17-16-30-21-8-10-22(11-9-21)32(27,28)24-14-12-23(13-15-24)18-19-4-6-20(29-2)7-5-19/h4-11H,3,12-18H2,1-2H3. The molecule has 0 aliphatic carbocycles. The zero-order valence-electron chi connectivity index (χ0n) is 18.4. The molecule has 0 N–H and O–H groups in total. The molecule has 2 aromatic rings. The van der Waals surface area contributed by atoms with Gasteiger partial charge in [0.1, 0.15) is 18.1 Å². The predicted molar refractivity (Wildman–Crippen MR) is 123 cm³/mol. The van der Waals surface area contributed by atoms with Crippen molar-refractivity contribution in [2.45, 2.75) is 18.4 Å². The molecular weight excluding hydrogens is 452 g/mol. The topological polar surface area (TPSA) is 93.2 Å². The summed E-state index contributed by atoms with van der Waals surface area (Å²) in [6.07, 6.45) is 0. The van der Waals surface area contributed by atoms with Crippen molar-refractivity contribution in [2.24, 2.45) is 0 Å². The monoisotopic (exact) mass is 482 g/mol. The highest BCUT2D eigenvalue weighted by Crippen LogP contribution is 2.22. The van der Waals surface area contributed by atoms with E-state index in [-0.39, 0.29) is 23.0 Å². The van der Waals surface area contributed by atoms with Crippen LogP contribution in [-0.2, 0) is 26.4 Å². The third-order valence-electron chi connectivity index (χ3n) is 5.46. The molecule has 0 atom stereocenters. The minimum absolute atomic E-state index is 0.0401. The number of nitrogens with zero attached hydrogens (tertiary/aromatic N) is 2. The Labute approximate surface area is 190 Å². The summed E-state index contributed by atoms with van der Waals surface area (Å²) < 4.78 is 61.2. The fourth-order valence-corrected chi connectivity index (χ4v) is 5.45. The van der Waals surface area contributed by atoms with Crippen LogP contribution in [-0.4, -0.2) is 77.4 Å². The first kappa shape index (κ1) is 24.5. The van der Waals surface area contributed by atoms with Crippen molar-refractivity contribution < 1.29 is 26.3 Å². The van der Waals surface area contributed by atoms with Gasteiger partial charge in [-0.25, -0.2) is 16.8 Å². The first-order chi connectivity index (χ1) is 15.2. The molecule has 32 heavy (non-hydrogen) atoms. The molecule has 1 aliphatic rings. The number of hydrogen-bond acceptors (Lipinski definition) is 7. The number of benzene rings is 2. The van der Waals surface area contributed by atoms with E-state index in [1.165, 1.54) is 16.4 Å². The van der Waals surface area contributed by atoms with Gasteiger partial charge >= 0.3 is 0 Å². The van der Waals surface area contributed by atoms with E-state index < -0.39 is 19.9 Å². The molecule has 1 saturated heterocycles. The molecule has 0 unspecified atom stereocenters. The Balaban J connectivity index is 1.53. The second kappa shape index (κ2) is 10.7. The van der Waals surface area contributed by atoms with Gasteiger partial charge in [0.25, 0.3) is 0 Å². The smallest absolute Gasteiger partial charge is 0.243 e. The molecule has 0 radical (unpaired) electrons. The van der Waals surface area contributed by atoms with Crippen LogP contribution in [0.5, 0.6) is 11.5 Å². The Morgan fingerprint density at radius 3 is 2.00 bits per heavy atom. The fourth-order valence-electron chi connectivity index (χ4n) is 3.40. The summed E-state index contributed by atoms with van der Waals surface area (Å²) in [6.45, 7) is 4.54. The Kier molecular flexibility index (Phi) is 8.16. The van der Waals surface area contributed by atoms with Gasteiger partial charge in [-0.1, -0.05) is 19.1 Å². The number of hydrogen-bond donors (Lipinski definition) is 0. The highest BCUT2D eigenvalue weighted by molar-refractivity contribution is 7.91. The lowest BCUT2D eigenvalue weighted by Gasteiger charge is -2.34. The molecule has 1 aliphatic heterocycles. The largest absolute Gasteiger partial charge is 0.497 e. The van der Waals surface area contributed by atoms with Gasteiger partial charge < -0.3 is 9.47 Å². The molecule has 8 nitrogen and oxygen atoms in total. The molecular formula is C22H30N2O6S2. The van der Waals surface area contributed by atoms with Gasteiger partial charge in [-0.15, -0.1) is 0 Å². The van der Waals surface area contributed by atoms with Gasteiger partial charge in [0.15, 0.2) is 9.84 Å². The number of ether oxygens (including phenoxy) is 2. The van der Waals surface area contributed by atoms with Gasteiger partial charge in [0.05, 0.1) is 17.8 Å². The van der Waals surface area contributed by atoms with Crippen LogP contribution in [0.25, 0.3) is 0 Å². The van der Waals surface area contributed by atoms with Crippen LogP contribution in [0.4, 0.5) is 0 Å². The molecule has 0 aromatic heterocycles. The van der Waals surface area contributed by atoms with E-state index in [0.717, 1.165) is 17.9 Å². The van der Waals surface area contributed by atoms with Crippen molar-refractivity contribution in [1.29, 1.82) is 0 Å². The van der Waals surface area contributed by atoms with E-state index >= 15 is 0 Å². The average molecular weight is 483 g/mol. The molecule has 1 heterocycles. The lowest BCUT2D eigenvalue weighted by atomic mass is 10.2. The normalized spacial score (nSPS) is 16.1. The maximum absolute atomic E-state index is 13.0. The van der Waals surface area contributed by atoms with Crippen LogP contribution >= 0.6 is 0 Å². The van der Waals surface area contributed by atoms with E-state index in [1.54, 1.807) is 26.2 Å². The highest BCUT2D eigenvalue weighted by Gasteiger charge is 2.28. The predicted octanol–water partition coefficient (Wildman–Crippen LogP) is 2.02. The maximum Gasteiger partial charge on any atom is 0.243 e. The SMILES string of the molecule is CCS(=O)(=O)CCOc1ccc(S(=O)(=O)N2CCN(Cc3ccc(OC)cc3)CC2)cc1. The van der Waals surface area contributed by atoms with Gasteiger partial charge in [-0.3, -0.25) is 4.90 Å². The maximum atomic E-state index is 13.0. The number of rotatable bonds is 10. The van der Waals surface area contributed by atoms with Crippen molar-refractivity contribution in [1.82, 2.24) is 9.21 Å². The average Bonchev–Trinajstić information content (AvgIpc) is 2.80. The van der Waals surface area contributed by atoms with Crippen molar-refractivity contribution in [2.75, 3.05) is 51.4 Å². The summed E-state index contributed by atoms with van der Waals surface area (Å²) in [5.41, 5.74) is 1.16. The van der Waals surface area contributed by atoms with Crippen LogP contribution in [0.3, 0.4) is 0 Å². The lowest BCUT2D eigenvalue weighted by Crippen LogP contribution is -2.48. The minimum atomic E-state index is -3.59. The van der Waals surface area contributed by atoms with Crippen LogP contribution < -0.4 is 9.47 Å². The number of methoxy groups -OCH3 is 1. The second-order valence-corrected chi connectivity index (χ2v) is 12.0. The Morgan fingerprint density at radius 2 is 1.44 bits per heavy atom. The molecule has 176 valence electrons. The van der Waals surface area contributed by atoms with Crippen LogP contribution in [0.1, 0.15) is 12.5 Å². The minimum Gasteiger partial charge on any atom is -0.497 e. The van der Waals surface area contributed by atoms with E-state index in [1.807, 2.05) is 24.3 Å². The molecule has 3 rings (SSSR count). The molecule has 0 amide bonds. The zero-order valence-corrected chi connectivity index (χ0v) is 20.1. The Hall–Kier alpha value is -2.14. The van der Waals surface area contributed by atoms with Crippen molar-refractivity contribution in [3.05, 3.63) is 54.1 Å². The van der Waals surface area contributed by atoms with Gasteiger partial charge in [-0.2, -0.15) is 4.31 Å². The number of piperazine rings is 1. The highest BCUT2D eigenvalue weighted by atomic mass is 32.2. The molecule has 10 heteroatoms. The van der Waals surface area contributed by atoms with Crippen molar-refractivity contribution in [3.8, 4) is 11.5 Å². The van der Waals surface area contributed by atoms with Crippen LogP contribution in [0.2, 0.25) is 0 Å². The summed E-state index contributed by atoms with van der Waals surface area (Å²) in [5.74, 6) is 1.26. The molecule has 0 spiro atoms. The summed E-state index contributed by atoms with van der Waals surface area (Å²) in [7, 11) is -5.06. The molecule has 2 aromatic carbocycles. The van der Waals surface area contributed by atoms with E-state index in [4.69, 9.17) is 9.47 Å². The summed E-state index contributed by atoms with van der Waals surface area (Å²) >= 11 is 0.